The topological polar surface area (TPSA) is 45.7 Å². The van der Waals surface area contributed by atoms with Gasteiger partial charge < -0.3 is 9.64 Å². The van der Waals surface area contributed by atoms with E-state index in [-0.39, 0.29) is 6.09 Å². The molecule has 1 aliphatic heterocycles. The Labute approximate surface area is 239 Å². The van der Waals surface area contributed by atoms with E-state index in [0.29, 0.717) is 13.1 Å². The van der Waals surface area contributed by atoms with Crippen molar-refractivity contribution in [1.29, 1.82) is 0 Å². The van der Waals surface area contributed by atoms with E-state index in [0.717, 1.165) is 36.9 Å². The highest BCUT2D eigenvalue weighted by molar-refractivity contribution is 9.10. The van der Waals surface area contributed by atoms with E-state index in [1.807, 2.05) is 38.1 Å². The summed E-state index contributed by atoms with van der Waals surface area (Å²) < 4.78 is 6.68. The van der Waals surface area contributed by atoms with Crippen LogP contribution in [-0.4, -0.2) is 52.7 Å². The lowest BCUT2D eigenvalue weighted by molar-refractivity contribution is 0.0139. The highest BCUT2D eigenvalue weighted by atomic mass is 79.9. The van der Waals surface area contributed by atoms with Gasteiger partial charge in [0.15, 0.2) is 0 Å². The molecule has 4 aromatic rings. The highest BCUT2D eigenvalue weighted by Gasteiger charge is 2.25. The maximum atomic E-state index is 12.4. The Kier molecular flexibility index (Phi) is 8.34. The molecule has 5 nitrogen and oxygen atoms in total. The Morgan fingerprint density at radius 2 is 1.67 bits per heavy atom. The quantitative estimate of drug-likeness (QED) is 0.235. The minimum absolute atomic E-state index is 0.213. The van der Waals surface area contributed by atoms with Crippen LogP contribution in [-0.2, 0) is 24.1 Å². The summed E-state index contributed by atoms with van der Waals surface area (Å²) in [5, 5.41) is 2.39. The van der Waals surface area contributed by atoms with E-state index >= 15 is 0 Å². The summed E-state index contributed by atoms with van der Waals surface area (Å²) in [5.74, 6) is 0. The highest BCUT2D eigenvalue weighted by Crippen LogP contribution is 2.29. The molecular formula is C33H36BrN3O2. The fraction of sp³-hybridized carbons (Fsp3) is 0.333. The molecule has 0 bridgehead atoms. The number of rotatable bonds is 6. The maximum Gasteiger partial charge on any atom is 0.410 e. The van der Waals surface area contributed by atoms with E-state index < -0.39 is 5.60 Å². The van der Waals surface area contributed by atoms with Crippen molar-refractivity contribution in [1.82, 2.24) is 14.8 Å². The normalized spacial score (nSPS) is 14.5. The first-order valence-electron chi connectivity index (χ1n) is 13.6. The predicted molar refractivity (Wildman–Crippen MR) is 162 cm³/mol. The first-order chi connectivity index (χ1) is 18.7. The molecule has 0 saturated carbocycles. The smallest absolute Gasteiger partial charge is 0.410 e. The van der Waals surface area contributed by atoms with Gasteiger partial charge in [-0.25, -0.2) is 4.79 Å². The van der Waals surface area contributed by atoms with Crippen LogP contribution in [0.1, 0.15) is 37.5 Å². The molecule has 0 aliphatic carbocycles. The molecule has 0 spiro atoms. The van der Waals surface area contributed by atoms with Gasteiger partial charge in [0.05, 0.1) is 0 Å². The summed E-state index contributed by atoms with van der Waals surface area (Å²) in [6, 6.07) is 24.1. The third-order valence-corrected chi connectivity index (χ3v) is 7.95. The van der Waals surface area contributed by atoms with Gasteiger partial charge in [0, 0.05) is 55.0 Å². The maximum absolute atomic E-state index is 12.4. The van der Waals surface area contributed by atoms with Crippen LogP contribution in [0, 0.1) is 0 Å². The SMILES string of the molecule is CC(C)(C)OC(=O)N1CCN(Cc2ccc(Br)c(CCc3ccc(-c4cccc5ccncc45)cc3)c2)CC1. The van der Waals surface area contributed by atoms with Crippen molar-refractivity contribution in [3.63, 3.8) is 0 Å². The average molecular weight is 587 g/mol. The van der Waals surface area contributed by atoms with Crippen LogP contribution in [0.2, 0.25) is 0 Å². The first kappa shape index (κ1) is 27.4. The third-order valence-electron chi connectivity index (χ3n) is 7.17. The molecule has 5 rings (SSSR count). The van der Waals surface area contributed by atoms with E-state index in [1.54, 1.807) is 0 Å². The average Bonchev–Trinajstić information content (AvgIpc) is 2.93. The number of fused-ring (bicyclic) bond motifs is 1. The Morgan fingerprint density at radius 1 is 0.923 bits per heavy atom. The van der Waals surface area contributed by atoms with Gasteiger partial charge in [-0.15, -0.1) is 0 Å². The van der Waals surface area contributed by atoms with Crippen LogP contribution in [0.15, 0.2) is 83.6 Å². The minimum atomic E-state index is -0.460. The monoisotopic (exact) mass is 585 g/mol. The number of carbonyl (C=O) groups is 1. The number of aromatic nitrogens is 1. The molecule has 1 aromatic heterocycles. The van der Waals surface area contributed by atoms with Crippen molar-refractivity contribution in [3.8, 4) is 11.1 Å². The van der Waals surface area contributed by atoms with Crippen molar-refractivity contribution in [2.75, 3.05) is 26.2 Å². The summed E-state index contributed by atoms with van der Waals surface area (Å²) in [7, 11) is 0. The number of ether oxygens (including phenoxy) is 1. The zero-order valence-corrected chi connectivity index (χ0v) is 24.6. The molecule has 0 atom stereocenters. The first-order valence-corrected chi connectivity index (χ1v) is 14.4. The Bertz CT molecular complexity index is 1430. The standard InChI is InChI=1S/C33H36BrN3O2/c1-33(2,3)39-32(38)37-19-17-36(18-20-37)23-25-10-14-31(34)28(21-25)13-9-24-7-11-27(12-8-24)29-6-4-5-26-15-16-35-22-30(26)29/h4-8,10-12,14-16,21-22H,9,13,17-20,23H2,1-3H3. The van der Waals surface area contributed by atoms with Crippen LogP contribution in [0.4, 0.5) is 4.79 Å². The van der Waals surface area contributed by atoms with Crippen molar-refractivity contribution in [2.45, 2.75) is 45.8 Å². The molecule has 1 aliphatic rings. The van der Waals surface area contributed by atoms with Gasteiger partial charge in [-0.3, -0.25) is 9.88 Å². The molecular weight excluding hydrogens is 550 g/mol. The van der Waals surface area contributed by atoms with Crippen molar-refractivity contribution in [3.05, 3.63) is 100 Å². The van der Waals surface area contributed by atoms with Crippen molar-refractivity contribution >= 4 is 32.8 Å². The lowest BCUT2D eigenvalue weighted by atomic mass is 9.97. The Hall–Kier alpha value is -3.22. The number of halogens is 1. The van der Waals surface area contributed by atoms with E-state index in [1.165, 1.54) is 38.6 Å². The lowest BCUT2D eigenvalue weighted by Gasteiger charge is -2.35. The predicted octanol–water partition coefficient (Wildman–Crippen LogP) is 7.50. The summed E-state index contributed by atoms with van der Waals surface area (Å²) in [4.78, 5) is 20.9. The van der Waals surface area contributed by atoms with E-state index in [4.69, 9.17) is 4.74 Å². The number of hydrogen-bond donors (Lipinski definition) is 0. The largest absolute Gasteiger partial charge is 0.444 e. The van der Waals surface area contributed by atoms with Gasteiger partial charge in [0.2, 0.25) is 0 Å². The second-order valence-corrected chi connectivity index (χ2v) is 12.1. The molecule has 202 valence electrons. The van der Waals surface area contributed by atoms with Crippen molar-refractivity contribution in [2.24, 2.45) is 0 Å². The van der Waals surface area contributed by atoms with Gasteiger partial charge in [-0.2, -0.15) is 0 Å². The molecule has 6 heteroatoms. The molecule has 1 saturated heterocycles. The van der Waals surface area contributed by atoms with Crippen LogP contribution in [0.5, 0.6) is 0 Å². The van der Waals surface area contributed by atoms with E-state index in [9.17, 15) is 4.79 Å². The molecule has 0 unspecified atom stereocenters. The van der Waals surface area contributed by atoms with Gasteiger partial charge in [-0.1, -0.05) is 70.5 Å². The van der Waals surface area contributed by atoms with Gasteiger partial charge in [0.1, 0.15) is 5.60 Å². The zero-order chi connectivity index (χ0) is 27.4. The Morgan fingerprint density at radius 3 is 2.41 bits per heavy atom. The fourth-order valence-electron chi connectivity index (χ4n) is 5.09. The second-order valence-electron chi connectivity index (χ2n) is 11.3. The fourth-order valence-corrected chi connectivity index (χ4v) is 5.53. The number of nitrogens with zero attached hydrogens (tertiary/aromatic N) is 3. The van der Waals surface area contributed by atoms with Crippen molar-refractivity contribution < 1.29 is 9.53 Å². The number of hydrogen-bond acceptors (Lipinski definition) is 4. The second kappa shape index (κ2) is 11.9. The summed E-state index contributed by atoms with van der Waals surface area (Å²) in [5.41, 5.74) is 5.93. The number of pyridine rings is 1. The molecule has 1 fully saturated rings. The minimum Gasteiger partial charge on any atom is -0.444 e. The number of carbonyl (C=O) groups excluding carboxylic acids is 1. The van der Waals surface area contributed by atoms with Gasteiger partial charge >= 0.3 is 6.09 Å². The summed E-state index contributed by atoms with van der Waals surface area (Å²) in [6.07, 6.45) is 5.53. The van der Waals surface area contributed by atoms with E-state index in [2.05, 4.69) is 92.5 Å². The number of amides is 1. The van der Waals surface area contributed by atoms with Gasteiger partial charge in [-0.05, 0) is 78.9 Å². The van der Waals surface area contributed by atoms with Crippen LogP contribution in [0.25, 0.3) is 21.9 Å². The lowest BCUT2D eigenvalue weighted by Crippen LogP contribution is -2.49. The third kappa shape index (κ3) is 7.06. The molecule has 3 aromatic carbocycles. The van der Waals surface area contributed by atoms with Crippen LogP contribution in [0.3, 0.4) is 0 Å². The van der Waals surface area contributed by atoms with Crippen LogP contribution >= 0.6 is 15.9 Å². The summed E-state index contributed by atoms with van der Waals surface area (Å²) in [6.45, 7) is 9.71. The number of piperazine rings is 1. The molecule has 39 heavy (non-hydrogen) atoms. The zero-order valence-electron chi connectivity index (χ0n) is 23.0. The number of benzene rings is 3. The van der Waals surface area contributed by atoms with Crippen LogP contribution < -0.4 is 0 Å². The molecule has 0 N–H and O–H groups in total. The Balaban J connectivity index is 1.18. The molecule has 1 amide bonds. The molecule has 2 heterocycles. The van der Waals surface area contributed by atoms with Gasteiger partial charge in [0.25, 0.3) is 0 Å². The summed E-state index contributed by atoms with van der Waals surface area (Å²) >= 11 is 3.76. The number of aryl methyl sites for hydroxylation is 2. The molecule has 0 radical (unpaired) electrons.